The molecule has 0 aromatic heterocycles. The first-order valence-electron chi connectivity index (χ1n) is 7.92. The maximum Gasteiger partial charge on any atom is 0.229 e. The van der Waals surface area contributed by atoms with Crippen molar-refractivity contribution >= 4 is 34.0 Å². The summed E-state index contributed by atoms with van der Waals surface area (Å²) in [6, 6.07) is 6.85. The number of nitrogens with one attached hydrogen (secondary N) is 3. The summed E-state index contributed by atoms with van der Waals surface area (Å²) in [5.41, 5.74) is 1.26. The number of benzene rings is 1. The van der Waals surface area contributed by atoms with Crippen LogP contribution >= 0.6 is 12.4 Å². The zero-order valence-corrected chi connectivity index (χ0v) is 15.7. The molecule has 0 radical (unpaired) electrons. The summed E-state index contributed by atoms with van der Waals surface area (Å²) in [4.78, 5) is 12.1. The van der Waals surface area contributed by atoms with Crippen molar-refractivity contribution in [3.05, 3.63) is 29.8 Å². The van der Waals surface area contributed by atoms with E-state index < -0.39 is 10.0 Å². The summed E-state index contributed by atoms with van der Waals surface area (Å²) in [7, 11) is -3.35. The maximum atomic E-state index is 12.1. The van der Waals surface area contributed by atoms with Gasteiger partial charge in [-0.25, -0.2) is 8.42 Å². The predicted molar refractivity (Wildman–Crippen MR) is 98.9 cm³/mol. The molecular formula is C16H26ClN3O3S. The summed E-state index contributed by atoms with van der Waals surface area (Å²) in [5.74, 6) is 0.578. The molecule has 8 heteroatoms. The van der Waals surface area contributed by atoms with Crippen molar-refractivity contribution in [1.82, 2.24) is 10.6 Å². The molecule has 0 aliphatic carbocycles. The van der Waals surface area contributed by atoms with Crippen LogP contribution in [0.3, 0.4) is 0 Å². The number of rotatable bonds is 7. The number of halogens is 1. The van der Waals surface area contributed by atoms with Gasteiger partial charge in [0.15, 0.2) is 0 Å². The van der Waals surface area contributed by atoms with Gasteiger partial charge < -0.3 is 10.6 Å². The second-order valence-corrected chi connectivity index (χ2v) is 7.90. The largest absolute Gasteiger partial charge is 0.350 e. The maximum absolute atomic E-state index is 12.1. The monoisotopic (exact) mass is 375 g/mol. The lowest BCUT2D eigenvalue weighted by molar-refractivity contribution is -0.122. The van der Waals surface area contributed by atoms with Crippen molar-refractivity contribution in [3.63, 3.8) is 0 Å². The van der Waals surface area contributed by atoms with E-state index >= 15 is 0 Å². The van der Waals surface area contributed by atoms with Crippen molar-refractivity contribution in [2.24, 2.45) is 5.92 Å². The average molecular weight is 376 g/mol. The van der Waals surface area contributed by atoms with E-state index in [9.17, 15) is 13.2 Å². The van der Waals surface area contributed by atoms with Crippen LogP contribution < -0.4 is 15.4 Å². The minimum atomic E-state index is -3.35. The van der Waals surface area contributed by atoms with Gasteiger partial charge in [-0.05, 0) is 50.4 Å². The highest BCUT2D eigenvalue weighted by atomic mass is 35.5. The Morgan fingerprint density at radius 3 is 2.71 bits per heavy atom. The fraction of sp³-hybridized carbons (Fsp3) is 0.562. The summed E-state index contributed by atoms with van der Waals surface area (Å²) in [6.45, 7) is 3.88. The minimum absolute atomic E-state index is 0. The second-order valence-electron chi connectivity index (χ2n) is 6.15. The van der Waals surface area contributed by atoms with Crippen LogP contribution in [0.4, 0.5) is 5.69 Å². The van der Waals surface area contributed by atoms with Gasteiger partial charge in [-0.2, -0.15) is 0 Å². The molecule has 2 unspecified atom stereocenters. The van der Waals surface area contributed by atoms with Crippen LogP contribution in [-0.4, -0.2) is 33.7 Å². The molecule has 1 fully saturated rings. The van der Waals surface area contributed by atoms with Crippen molar-refractivity contribution in [1.29, 1.82) is 0 Å². The van der Waals surface area contributed by atoms with E-state index in [0.29, 0.717) is 18.0 Å². The molecular weight excluding hydrogens is 350 g/mol. The Balaban J connectivity index is 0.00000288. The third-order valence-electron chi connectivity index (χ3n) is 4.04. The number of hydrogen-bond acceptors (Lipinski definition) is 4. The van der Waals surface area contributed by atoms with Crippen molar-refractivity contribution < 1.29 is 13.2 Å². The molecule has 1 aromatic carbocycles. The van der Waals surface area contributed by atoms with E-state index in [1.165, 1.54) is 0 Å². The Morgan fingerprint density at radius 1 is 1.38 bits per heavy atom. The molecule has 6 nitrogen and oxygen atoms in total. The average Bonchev–Trinajstić information content (AvgIpc) is 2.97. The van der Waals surface area contributed by atoms with E-state index in [-0.39, 0.29) is 24.4 Å². The van der Waals surface area contributed by atoms with Gasteiger partial charge in [0, 0.05) is 6.42 Å². The Labute approximate surface area is 150 Å². The number of carbonyl (C=O) groups excluding carboxylic acids is 1. The number of amides is 1. The minimum Gasteiger partial charge on any atom is -0.350 e. The Morgan fingerprint density at radius 2 is 2.08 bits per heavy atom. The van der Waals surface area contributed by atoms with Gasteiger partial charge in [0.05, 0.1) is 18.0 Å². The molecule has 0 bridgehead atoms. The number of anilines is 1. The number of para-hydroxylation sites is 1. The molecule has 136 valence electrons. The van der Waals surface area contributed by atoms with Gasteiger partial charge in [-0.15, -0.1) is 12.4 Å². The SMILES string of the molecule is CC(NC(=O)CCC1CCNC1)c1ccccc1NS(C)(=O)=O.Cl. The highest BCUT2D eigenvalue weighted by Crippen LogP contribution is 2.23. The van der Waals surface area contributed by atoms with E-state index in [4.69, 9.17) is 0 Å². The van der Waals surface area contributed by atoms with E-state index in [1.54, 1.807) is 12.1 Å². The van der Waals surface area contributed by atoms with E-state index in [2.05, 4.69) is 15.4 Å². The molecule has 1 aliphatic rings. The third-order valence-corrected chi connectivity index (χ3v) is 4.63. The molecule has 0 saturated carbocycles. The molecule has 1 saturated heterocycles. The van der Waals surface area contributed by atoms with Gasteiger partial charge in [0.1, 0.15) is 0 Å². The summed E-state index contributed by atoms with van der Waals surface area (Å²) < 4.78 is 25.4. The zero-order chi connectivity index (χ0) is 16.9. The molecule has 0 spiro atoms. The quantitative estimate of drug-likeness (QED) is 0.680. The van der Waals surface area contributed by atoms with Gasteiger partial charge in [0.2, 0.25) is 15.9 Å². The first-order valence-corrected chi connectivity index (χ1v) is 9.81. The second kappa shape index (κ2) is 9.25. The summed E-state index contributed by atoms with van der Waals surface area (Å²) in [5, 5.41) is 6.25. The Bertz CT molecular complexity index is 646. The number of sulfonamides is 1. The Kier molecular flexibility index (Phi) is 7.99. The van der Waals surface area contributed by atoms with Crippen LogP contribution in [0.25, 0.3) is 0 Å². The molecule has 2 rings (SSSR count). The third kappa shape index (κ3) is 6.67. The lowest BCUT2D eigenvalue weighted by atomic mass is 10.0. The van der Waals surface area contributed by atoms with E-state index in [0.717, 1.165) is 37.8 Å². The van der Waals surface area contributed by atoms with Crippen LogP contribution in [0.2, 0.25) is 0 Å². The zero-order valence-electron chi connectivity index (χ0n) is 14.0. The fourth-order valence-corrected chi connectivity index (χ4v) is 3.44. The molecule has 24 heavy (non-hydrogen) atoms. The molecule has 2 atom stereocenters. The van der Waals surface area contributed by atoms with E-state index in [1.807, 2.05) is 19.1 Å². The van der Waals surface area contributed by atoms with Crippen molar-refractivity contribution in [3.8, 4) is 0 Å². The highest BCUT2D eigenvalue weighted by Gasteiger charge is 2.18. The van der Waals surface area contributed by atoms with Gasteiger partial charge in [-0.3, -0.25) is 9.52 Å². The van der Waals surface area contributed by atoms with Crippen LogP contribution in [0.1, 0.15) is 37.8 Å². The van der Waals surface area contributed by atoms with Crippen LogP contribution in [0.15, 0.2) is 24.3 Å². The van der Waals surface area contributed by atoms with Crippen molar-refractivity contribution in [2.75, 3.05) is 24.1 Å². The highest BCUT2D eigenvalue weighted by molar-refractivity contribution is 7.92. The lowest BCUT2D eigenvalue weighted by Crippen LogP contribution is -2.28. The molecule has 1 heterocycles. The normalized spacial score (nSPS) is 18.5. The Hall–Kier alpha value is -1.31. The van der Waals surface area contributed by atoms with Gasteiger partial charge in [-0.1, -0.05) is 18.2 Å². The summed E-state index contributed by atoms with van der Waals surface area (Å²) in [6.07, 6.45) is 3.62. The summed E-state index contributed by atoms with van der Waals surface area (Å²) >= 11 is 0. The lowest BCUT2D eigenvalue weighted by Gasteiger charge is -2.19. The van der Waals surface area contributed by atoms with Crippen LogP contribution in [-0.2, 0) is 14.8 Å². The molecule has 1 aliphatic heterocycles. The first-order chi connectivity index (χ1) is 10.8. The van der Waals surface area contributed by atoms with Crippen molar-refractivity contribution in [2.45, 2.75) is 32.2 Å². The predicted octanol–water partition coefficient (Wildman–Crippen LogP) is 2.05. The standard InChI is InChI=1S/C16H25N3O3S.ClH/c1-12(18-16(20)8-7-13-9-10-17-11-13)14-5-3-4-6-15(14)19-23(2,21)22;/h3-6,12-13,17,19H,7-11H2,1-2H3,(H,18,20);1H. The van der Waals surface area contributed by atoms with Crippen LogP contribution in [0.5, 0.6) is 0 Å². The number of carbonyl (C=O) groups is 1. The smallest absolute Gasteiger partial charge is 0.229 e. The fourth-order valence-electron chi connectivity index (χ4n) is 2.85. The number of hydrogen-bond donors (Lipinski definition) is 3. The van der Waals surface area contributed by atoms with Gasteiger partial charge >= 0.3 is 0 Å². The molecule has 3 N–H and O–H groups in total. The topological polar surface area (TPSA) is 87.3 Å². The first kappa shape index (κ1) is 20.7. The molecule has 1 aromatic rings. The van der Waals surface area contributed by atoms with Crippen LogP contribution in [0, 0.1) is 5.92 Å². The molecule has 1 amide bonds. The van der Waals surface area contributed by atoms with Gasteiger partial charge in [0.25, 0.3) is 0 Å².